The van der Waals surface area contributed by atoms with E-state index in [-0.39, 0.29) is 0 Å². The highest BCUT2D eigenvalue weighted by atomic mass is 15.4. The standard InChI is InChI=1S/C10H9N5/c11-8-6-12-15-9(13-14-10(8)15)7-4-2-1-3-5-7/h1-6,12H,11H2. The Morgan fingerprint density at radius 1 is 1.13 bits per heavy atom. The van der Waals surface area contributed by atoms with Gasteiger partial charge in [-0.15, -0.1) is 10.2 Å². The molecule has 2 heterocycles. The van der Waals surface area contributed by atoms with E-state index in [1.807, 2.05) is 30.3 Å². The number of fused-ring (bicyclic) bond motifs is 1. The smallest absolute Gasteiger partial charge is 0.200 e. The van der Waals surface area contributed by atoms with Crippen molar-refractivity contribution in [3.8, 4) is 11.4 Å². The third-order valence-corrected chi connectivity index (χ3v) is 2.30. The topological polar surface area (TPSA) is 72.0 Å². The molecule has 74 valence electrons. The van der Waals surface area contributed by atoms with Gasteiger partial charge in [-0.1, -0.05) is 30.3 Å². The van der Waals surface area contributed by atoms with E-state index in [2.05, 4.69) is 15.3 Å². The largest absolute Gasteiger partial charge is 0.394 e. The zero-order chi connectivity index (χ0) is 10.3. The summed E-state index contributed by atoms with van der Waals surface area (Å²) < 4.78 is 1.77. The second-order valence-corrected chi connectivity index (χ2v) is 3.28. The molecule has 15 heavy (non-hydrogen) atoms. The lowest BCUT2D eigenvalue weighted by molar-refractivity contribution is 0.966. The molecule has 0 radical (unpaired) electrons. The van der Waals surface area contributed by atoms with Gasteiger partial charge in [0.05, 0.1) is 5.69 Å². The van der Waals surface area contributed by atoms with E-state index >= 15 is 0 Å². The molecule has 3 aromatic rings. The minimum absolute atomic E-state index is 0.602. The summed E-state index contributed by atoms with van der Waals surface area (Å²) in [6.45, 7) is 0. The van der Waals surface area contributed by atoms with Gasteiger partial charge in [0.2, 0.25) is 5.65 Å². The van der Waals surface area contributed by atoms with Gasteiger partial charge in [-0.05, 0) is 0 Å². The van der Waals surface area contributed by atoms with E-state index in [0.717, 1.165) is 11.4 Å². The highest BCUT2D eigenvalue weighted by Crippen LogP contribution is 2.19. The van der Waals surface area contributed by atoms with Crippen LogP contribution in [-0.2, 0) is 0 Å². The molecular weight excluding hydrogens is 190 g/mol. The fraction of sp³-hybridized carbons (Fsp3) is 0. The maximum atomic E-state index is 5.71. The van der Waals surface area contributed by atoms with E-state index in [9.17, 15) is 0 Å². The summed E-state index contributed by atoms with van der Waals surface area (Å²) in [5.41, 5.74) is 7.98. The van der Waals surface area contributed by atoms with Gasteiger partial charge in [0, 0.05) is 11.8 Å². The van der Waals surface area contributed by atoms with Crippen LogP contribution in [-0.4, -0.2) is 19.8 Å². The number of nitrogens with zero attached hydrogens (tertiary/aromatic N) is 3. The zero-order valence-corrected chi connectivity index (χ0v) is 7.88. The molecule has 0 bridgehead atoms. The molecule has 0 saturated carbocycles. The summed E-state index contributed by atoms with van der Waals surface area (Å²) in [4.78, 5) is 0. The Hall–Kier alpha value is -2.30. The molecule has 0 amide bonds. The van der Waals surface area contributed by atoms with E-state index < -0.39 is 0 Å². The number of benzene rings is 1. The van der Waals surface area contributed by atoms with E-state index in [1.165, 1.54) is 0 Å². The third kappa shape index (κ3) is 1.10. The molecule has 5 nitrogen and oxygen atoms in total. The van der Waals surface area contributed by atoms with E-state index in [4.69, 9.17) is 5.73 Å². The summed E-state index contributed by atoms with van der Waals surface area (Å²) in [6, 6.07) is 9.84. The Morgan fingerprint density at radius 2 is 1.93 bits per heavy atom. The molecule has 0 aliphatic rings. The van der Waals surface area contributed by atoms with Crippen molar-refractivity contribution in [2.24, 2.45) is 0 Å². The van der Waals surface area contributed by atoms with Crippen molar-refractivity contribution < 1.29 is 0 Å². The average Bonchev–Trinajstić information content (AvgIpc) is 2.83. The van der Waals surface area contributed by atoms with Gasteiger partial charge in [0.1, 0.15) is 0 Å². The number of nitrogen functional groups attached to an aromatic ring is 1. The van der Waals surface area contributed by atoms with Crippen molar-refractivity contribution in [1.29, 1.82) is 0 Å². The van der Waals surface area contributed by atoms with Gasteiger partial charge < -0.3 is 5.73 Å². The van der Waals surface area contributed by atoms with Crippen LogP contribution in [0.2, 0.25) is 0 Å². The van der Waals surface area contributed by atoms with Crippen LogP contribution < -0.4 is 5.73 Å². The van der Waals surface area contributed by atoms with Crippen LogP contribution in [0.1, 0.15) is 0 Å². The van der Waals surface area contributed by atoms with Gasteiger partial charge in [-0.2, -0.15) is 0 Å². The normalized spacial score (nSPS) is 10.9. The zero-order valence-electron chi connectivity index (χ0n) is 7.88. The van der Waals surface area contributed by atoms with Gasteiger partial charge in [0.25, 0.3) is 0 Å². The molecule has 1 aromatic carbocycles. The molecule has 0 aliphatic heterocycles. The van der Waals surface area contributed by atoms with Crippen molar-refractivity contribution in [1.82, 2.24) is 19.8 Å². The van der Waals surface area contributed by atoms with Gasteiger partial charge >= 0.3 is 0 Å². The maximum Gasteiger partial charge on any atom is 0.200 e. The molecule has 0 aliphatic carbocycles. The van der Waals surface area contributed by atoms with Crippen LogP contribution in [0, 0.1) is 0 Å². The van der Waals surface area contributed by atoms with Gasteiger partial charge in [-0.25, -0.2) is 4.52 Å². The number of aromatic nitrogens is 4. The maximum absolute atomic E-state index is 5.71. The first-order valence-corrected chi connectivity index (χ1v) is 4.59. The number of nitrogens with two attached hydrogens (primary N) is 1. The molecule has 3 rings (SSSR count). The number of H-pyrrole nitrogens is 1. The van der Waals surface area contributed by atoms with Crippen LogP contribution in [0.4, 0.5) is 5.69 Å². The number of anilines is 1. The Balaban J connectivity index is 2.28. The number of hydrogen-bond acceptors (Lipinski definition) is 3. The summed E-state index contributed by atoms with van der Waals surface area (Å²) in [5, 5.41) is 11.1. The first-order chi connectivity index (χ1) is 7.36. The number of aromatic amines is 1. The van der Waals surface area contributed by atoms with Crippen LogP contribution in [0.25, 0.3) is 17.0 Å². The first-order valence-electron chi connectivity index (χ1n) is 4.59. The molecule has 3 N–H and O–H groups in total. The number of hydrogen-bond donors (Lipinski definition) is 2. The molecule has 0 unspecified atom stereocenters. The number of rotatable bonds is 1. The average molecular weight is 199 g/mol. The lowest BCUT2D eigenvalue weighted by Crippen LogP contribution is -1.88. The minimum Gasteiger partial charge on any atom is -0.394 e. The molecule has 0 atom stereocenters. The third-order valence-electron chi connectivity index (χ3n) is 2.30. The Labute approximate surface area is 85.5 Å². The first kappa shape index (κ1) is 8.05. The van der Waals surface area contributed by atoms with Crippen molar-refractivity contribution in [3.63, 3.8) is 0 Å². The fourth-order valence-electron chi connectivity index (χ4n) is 1.57. The fourth-order valence-corrected chi connectivity index (χ4v) is 1.57. The van der Waals surface area contributed by atoms with Crippen molar-refractivity contribution in [2.45, 2.75) is 0 Å². The van der Waals surface area contributed by atoms with Crippen LogP contribution in [0.15, 0.2) is 36.5 Å². The molecule has 0 saturated heterocycles. The minimum atomic E-state index is 0.602. The lowest BCUT2D eigenvalue weighted by atomic mass is 10.2. The van der Waals surface area contributed by atoms with Crippen LogP contribution >= 0.6 is 0 Å². The van der Waals surface area contributed by atoms with E-state index in [1.54, 1.807) is 10.7 Å². The van der Waals surface area contributed by atoms with Gasteiger partial charge in [0.15, 0.2) is 5.82 Å². The number of nitrogens with one attached hydrogen (secondary N) is 1. The second-order valence-electron chi connectivity index (χ2n) is 3.28. The summed E-state index contributed by atoms with van der Waals surface area (Å²) in [6.07, 6.45) is 1.70. The molecule has 2 aromatic heterocycles. The Bertz CT molecular complexity index is 593. The second kappa shape index (κ2) is 2.84. The molecular formula is C10H9N5. The van der Waals surface area contributed by atoms with Gasteiger partial charge in [-0.3, -0.25) is 5.10 Å². The predicted molar refractivity (Wildman–Crippen MR) is 57.2 cm³/mol. The van der Waals surface area contributed by atoms with E-state index in [0.29, 0.717) is 11.3 Å². The monoisotopic (exact) mass is 199 g/mol. The van der Waals surface area contributed by atoms with Crippen LogP contribution in [0.5, 0.6) is 0 Å². The molecule has 5 heteroatoms. The van der Waals surface area contributed by atoms with Crippen molar-refractivity contribution in [2.75, 3.05) is 5.73 Å². The SMILES string of the molecule is Nc1c[nH]n2c(-c3ccccc3)nnc12. The van der Waals surface area contributed by atoms with Crippen molar-refractivity contribution in [3.05, 3.63) is 36.5 Å². The highest BCUT2D eigenvalue weighted by molar-refractivity contribution is 5.68. The Morgan fingerprint density at radius 3 is 2.73 bits per heavy atom. The molecule has 0 spiro atoms. The van der Waals surface area contributed by atoms with Crippen molar-refractivity contribution >= 4 is 11.3 Å². The summed E-state index contributed by atoms with van der Waals surface area (Å²) in [5.74, 6) is 0.766. The summed E-state index contributed by atoms with van der Waals surface area (Å²) in [7, 11) is 0. The summed E-state index contributed by atoms with van der Waals surface area (Å²) >= 11 is 0. The lowest BCUT2D eigenvalue weighted by Gasteiger charge is -1.95. The highest BCUT2D eigenvalue weighted by Gasteiger charge is 2.10. The Kier molecular flexibility index (Phi) is 1.53. The molecule has 0 fully saturated rings. The quantitative estimate of drug-likeness (QED) is 0.620. The predicted octanol–water partition coefficient (Wildman–Crippen LogP) is 1.31. The van der Waals surface area contributed by atoms with Crippen LogP contribution in [0.3, 0.4) is 0 Å².